The van der Waals surface area contributed by atoms with Gasteiger partial charge in [-0.3, -0.25) is 9.69 Å². The number of likely N-dealkylation sites (N-methyl/N-ethyl adjacent to an activating group) is 1. The second-order valence-electron chi connectivity index (χ2n) is 4.41. The SMILES string of the molecule is CN1CCCN(C(CN)c2cccs2)CC1=O. The Morgan fingerprint density at radius 2 is 2.35 bits per heavy atom. The van der Waals surface area contributed by atoms with Crippen LogP contribution in [-0.4, -0.2) is 48.9 Å². The van der Waals surface area contributed by atoms with Crippen molar-refractivity contribution in [2.45, 2.75) is 12.5 Å². The Morgan fingerprint density at radius 1 is 1.53 bits per heavy atom. The van der Waals surface area contributed by atoms with Crippen molar-refractivity contribution in [1.82, 2.24) is 9.80 Å². The highest BCUT2D eigenvalue weighted by Gasteiger charge is 2.25. The van der Waals surface area contributed by atoms with E-state index in [1.54, 1.807) is 11.3 Å². The Hall–Kier alpha value is -0.910. The number of thiophene rings is 1. The van der Waals surface area contributed by atoms with Crippen LogP contribution in [0.2, 0.25) is 0 Å². The third-order valence-corrected chi connectivity index (χ3v) is 4.21. The van der Waals surface area contributed by atoms with Crippen molar-refractivity contribution in [1.29, 1.82) is 0 Å². The monoisotopic (exact) mass is 253 g/mol. The Labute approximate surface area is 106 Å². The van der Waals surface area contributed by atoms with Crippen molar-refractivity contribution in [3.8, 4) is 0 Å². The molecule has 1 unspecified atom stereocenters. The minimum atomic E-state index is 0.186. The van der Waals surface area contributed by atoms with E-state index in [2.05, 4.69) is 16.3 Å². The van der Waals surface area contributed by atoms with Crippen LogP contribution in [0.4, 0.5) is 0 Å². The van der Waals surface area contributed by atoms with E-state index < -0.39 is 0 Å². The summed E-state index contributed by atoms with van der Waals surface area (Å²) in [6.07, 6.45) is 1.02. The van der Waals surface area contributed by atoms with Gasteiger partial charge in [-0.25, -0.2) is 0 Å². The minimum Gasteiger partial charge on any atom is -0.345 e. The maximum absolute atomic E-state index is 11.9. The van der Waals surface area contributed by atoms with Gasteiger partial charge in [0, 0.05) is 31.6 Å². The molecule has 1 atom stereocenters. The molecule has 1 amide bonds. The summed E-state index contributed by atoms with van der Waals surface area (Å²) < 4.78 is 0. The molecule has 94 valence electrons. The van der Waals surface area contributed by atoms with Crippen LogP contribution < -0.4 is 5.73 Å². The molecule has 17 heavy (non-hydrogen) atoms. The number of amides is 1. The van der Waals surface area contributed by atoms with Gasteiger partial charge in [-0.2, -0.15) is 0 Å². The van der Waals surface area contributed by atoms with E-state index in [0.717, 1.165) is 19.5 Å². The van der Waals surface area contributed by atoms with Gasteiger partial charge in [0.15, 0.2) is 0 Å². The Kier molecular flexibility index (Phi) is 4.15. The normalized spacial score (nSPS) is 20.4. The summed E-state index contributed by atoms with van der Waals surface area (Å²) in [5.74, 6) is 0.192. The molecule has 0 aliphatic carbocycles. The molecule has 0 radical (unpaired) electrons. The standard InChI is InChI=1S/C12H19N3OS/c1-14-5-3-6-15(9-12(14)16)10(8-13)11-4-2-7-17-11/h2,4,7,10H,3,5-6,8-9,13H2,1H3. The van der Waals surface area contributed by atoms with Gasteiger partial charge >= 0.3 is 0 Å². The first-order valence-electron chi connectivity index (χ1n) is 5.94. The predicted molar refractivity (Wildman–Crippen MR) is 69.9 cm³/mol. The van der Waals surface area contributed by atoms with Gasteiger partial charge in [-0.05, 0) is 17.9 Å². The van der Waals surface area contributed by atoms with Crippen LogP contribution in [0, 0.1) is 0 Å². The molecule has 0 saturated carbocycles. The molecule has 0 aromatic carbocycles. The molecular formula is C12H19N3OS. The highest BCUT2D eigenvalue weighted by molar-refractivity contribution is 7.10. The van der Waals surface area contributed by atoms with Gasteiger partial charge in [-0.15, -0.1) is 11.3 Å². The molecule has 2 heterocycles. The van der Waals surface area contributed by atoms with Gasteiger partial charge in [-0.1, -0.05) is 6.07 Å². The first-order chi connectivity index (χ1) is 8.22. The van der Waals surface area contributed by atoms with Crippen molar-refractivity contribution in [3.05, 3.63) is 22.4 Å². The van der Waals surface area contributed by atoms with E-state index in [1.165, 1.54) is 4.88 Å². The molecule has 1 aliphatic rings. The lowest BCUT2D eigenvalue weighted by Gasteiger charge is -2.28. The number of nitrogens with two attached hydrogens (primary N) is 1. The first-order valence-corrected chi connectivity index (χ1v) is 6.82. The number of carbonyl (C=O) groups excluding carboxylic acids is 1. The van der Waals surface area contributed by atoms with Gasteiger partial charge in [0.2, 0.25) is 5.91 Å². The van der Waals surface area contributed by atoms with Crippen LogP contribution in [0.5, 0.6) is 0 Å². The Morgan fingerprint density at radius 3 is 3.00 bits per heavy atom. The van der Waals surface area contributed by atoms with Crippen LogP contribution >= 0.6 is 11.3 Å². The predicted octanol–water partition coefficient (Wildman–Crippen LogP) is 0.912. The molecule has 1 fully saturated rings. The highest BCUT2D eigenvalue weighted by Crippen LogP contribution is 2.25. The van der Waals surface area contributed by atoms with Crippen molar-refractivity contribution < 1.29 is 4.79 Å². The van der Waals surface area contributed by atoms with E-state index in [4.69, 9.17) is 5.73 Å². The van der Waals surface area contributed by atoms with E-state index in [-0.39, 0.29) is 11.9 Å². The van der Waals surface area contributed by atoms with E-state index >= 15 is 0 Å². The van der Waals surface area contributed by atoms with Crippen LogP contribution in [0.3, 0.4) is 0 Å². The second kappa shape index (κ2) is 5.62. The summed E-state index contributed by atoms with van der Waals surface area (Å²) in [6.45, 7) is 2.83. The average molecular weight is 253 g/mol. The number of hydrogen-bond donors (Lipinski definition) is 1. The molecule has 0 bridgehead atoms. The number of hydrogen-bond acceptors (Lipinski definition) is 4. The zero-order chi connectivity index (χ0) is 12.3. The van der Waals surface area contributed by atoms with E-state index in [9.17, 15) is 4.79 Å². The maximum atomic E-state index is 11.9. The van der Waals surface area contributed by atoms with Gasteiger partial charge < -0.3 is 10.6 Å². The molecule has 2 rings (SSSR count). The lowest BCUT2D eigenvalue weighted by atomic mass is 10.2. The summed E-state index contributed by atoms with van der Waals surface area (Å²) in [5.41, 5.74) is 5.87. The molecule has 1 aromatic heterocycles. The zero-order valence-corrected chi connectivity index (χ0v) is 10.9. The zero-order valence-electron chi connectivity index (χ0n) is 10.1. The molecule has 0 spiro atoms. The Bertz CT molecular complexity index is 366. The first kappa shape index (κ1) is 12.5. The largest absolute Gasteiger partial charge is 0.345 e. The summed E-state index contributed by atoms with van der Waals surface area (Å²) in [4.78, 5) is 17.1. The fourth-order valence-corrected chi connectivity index (χ4v) is 3.08. The van der Waals surface area contributed by atoms with Crippen molar-refractivity contribution in [2.75, 3.05) is 33.2 Å². The van der Waals surface area contributed by atoms with Gasteiger partial charge in [0.1, 0.15) is 0 Å². The molecule has 1 saturated heterocycles. The lowest BCUT2D eigenvalue weighted by Crippen LogP contribution is -2.38. The molecular weight excluding hydrogens is 234 g/mol. The Balaban J connectivity index is 2.11. The summed E-state index contributed by atoms with van der Waals surface area (Å²) in [5, 5.41) is 2.06. The van der Waals surface area contributed by atoms with Crippen LogP contribution in [-0.2, 0) is 4.79 Å². The third-order valence-electron chi connectivity index (χ3n) is 3.24. The van der Waals surface area contributed by atoms with Crippen molar-refractivity contribution in [3.63, 3.8) is 0 Å². The number of rotatable bonds is 3. The minimum absolute atomic E-state index is 0.186. The molecule has 5 heteroatoms. The van der Waals surface area contributed by atoms with E-state index in [0.29, 0.717) is 13.1 Å². The fourth-order valence-electron chi connectivity index (χ4n) is 2.20. The lowest BCUT2D eigenvalue weighted by molar-refractivity contribution is -0.130. The van der Waals surface area contributed by atoms with Crippen LogP contribution in [0.25, 0.3) is 0 Å². The number of nitrogens with zero attached hydrogens (tertiary/aromatic N) is 2. The maximum Gasteiger partial charge on any atom is 0.236 e. The number of carbonyl (C=O) groups is 1. The van der Waals surface area contributed by atoms with E-state index in [1.807, 2.05) is 18.0 Å². The van der Waals surface area contributed by atoms with Crippen LogP contribution in [0.1, 0.15) is 17.3 Å². The van der Waals surface area contributed by atoms with Crippen molar-refractivity contribution >= 4 is 17.2 Å². The quantitative estimate of drug-likeness (QED) is 0.871. The van der Waals surface area contributed by atoms with Crippen molar-refractivity contribution in [2.24, 2.45) is 5.73 Å². The molecule has 4 nitrogen and oxygen atoms in total. The summed E-state index contributed by atoms with van der Waals surface area (Å²) >= 11 is 1.71. The smallest absolute Gasteiger partial charge is 0.236 e. The summed E-state index contributed by atoms with van der Waals surface area (Å²) in [7, 11) is 1.87. The van der Waals surface area contributed by atoms with Gasteiger partial charge in [0.05, 0.1) is 12.6 Å². The topological polar surface area (TPSA) is 49.6 Å². The summed E-state index contributed by atoms with van der Waals surface area (Å²) in [6, 6.07) is 4.32. The third kappa shape index (κ3) is 2.86. The average Bonchev–Trinajstić information content (AvgIpc) is 2.77. The molecule has 1 aliphatic heterocycles. The second-order valence-corrected chi connectivity index (χ2v) is 5.39. The fraction of sp³-hybridized carbons (Fsp3) is 0.583. The molecule has 1 aromatic rings. The van der Waals surface area contributed by atoms with Crippen LogP contribution in [0.15, 0.2) is 17.5 Å². The molecule has 2 N–H and O–H groups in total. The van der Waals surface area contributed by atoms with Gasteiger partial charge in [0.25, 0.3) is 0 Å². The highest BCUT2D eigenvalue weighted by atomic mass is 32.1.